The number of carbonyl (C=O) groups excluding carboxylic acids is 2. The fourth-order valence-electron chi connectivity index (χ4n) is 4.27. The molecular formula is C27H29N7O5S3. The topological polar surface area (TPSA) is 148 Å². The second kappa shape index (κ2) is 13.1. The number of benzene rings is 2. The minimum Gasteiger partial charge on any atom is -0.379 e. The molecule has 2 aromatic heterocycles. The van der Waals surface area contributed by atoms with E-state index in [4.69, 9.17) is 4.74 Å². The predicted octanol–water partition coefficient (Wildman–Crippen LogP) is 3.02. The first-order chi connectivity index (χ1) is 20.2. The molecule has 3 heterocycles. The SMILES string of the molecule is Cc1cccc(-n2c(CNC(=O)c3ccc(S(=O)(=O)N4CCOCC4)cc3)nnc2SCC(=O)Nc2nccs2)c1C. The summed E-state index contributed by atoms with van der Waals surface area (Å²) in [7, 11) is -3.66. The Kier molecular flexibility index (Phi) is 9.33. The molecule has 42 heavy (non-hydrogen) atoms. The van der Waals surface area contributed by atoms with Crippen molar-refractivity contribution in [2.24, 2.45) is 0 Å². The number of nitrogens with one attached hydrogen (secondary N) is 2. The number of hydrogen-bond acceptors (Lipinski definition) is 10. The molecule has 1 aliphatic rings. The number of nitrogens with zero attached hydrogens (tertiary/aromatic N) is 5. The zero-order valence-electron chi connectivity index (χ0n) is 22.9. The van der Waals surface area contributed by atoms with E-state index in [1.54, 1.807) is 11.6 Å². The molecule has 0 saturated carbocycles. The highest BCUT2D eigenvalue weighted by atomic mass is 32.2. The van der Waals surface area contributed by atoms with Crippen LogP contribution in [0.15, 0.2) is 64.1 Å². The van der Waals surface area contributed by atoms with Crippen LogP contribution in [0.2, 0.25) is 0 Å². The molecule has 2 aromatic carbocycles. The lowest BCUT2D eigenvalue weighted by Crippen LogP contribution is -2.40. The molecule has 4 aromatic rings. The number of sulfonamides is 1. The Labute approximate surface area is 251 Å². The van der Waals surface area contributed by atoms with Gasteiger partial charge in [0.05, 0.1) is 36.1 Å². The minimum absolute atomic E-state index is 0.0545. The molecule has 1 aliphatic heterocycles. The molecule has 1 saturated heterocycles. The Balaban J connectivity index is 1.31. The van der Waals surface area contributed by atoms with Crippen LogP contribution in [0.5, 0.6) is 0 Å². The van der Waals surface area contributed by atoms with Crippen LogP contribution in [-0.2, 0) is 26.1 Å². The van der Waals surface area contributed by atoms with Gasteiger partial charge in [-0.25, -0.2) is 13.4 Å². The maximum Gasteiger partial charge on any atom is 0.251 e. The van der Waals surface area contributed by atoms with Crippen molar-refractivity contribution in [3.8, 4) is 5.69 Å². The third kappa shape index (κ3) is 6.71. The summed E-state index contributed by atoms with van der Waals surface area (Å²) in [6, 6.07) is 11.7. The zero-order valence-corrected chi connectivity index (χ0v) is 25.4. The quantitative estimate of drug-likeness (QED) is 0.253. The standard InChI is InChI=1S/C27H29N7O5S3/c1-18-4-3-5-22(19(18)2)34-23(31-32-27(34)41-17-24(35)30-26-28-10-15-40-26)16-29-25(36)20-6-8-21(9-7-20)42(37,38)33-11-13-39-14-12-33/h3-10,15H,11-14,16-17H2,1-2H3,(H,29,36)(H,28,30,35). The average molecular weight is 628 g/mol. The number of aryl methyl sites for hydroxylation is 1. The van der Waals surface area contributed by atoms with Gasteiger partial charge in [-0.05, 0) is 55.3 Å². The lowest BCUT2D eigenvalue weighted by molar-refractivity contribution is -0.113. The molecule has 0 bridgehead atoms. The normalized spacial score (nSPS) is 14.0. The van der Waals surface area contributed by atoms with E-state index in [1.807, 2.05) is 36.6 Å². The molecule has 0 atom stereocenters. The Bertz CT molecular complexity index is 1670. The number of ether oxygens (including phenoxy) is 1. The van der Waals surface area contributed by atoms with Gasteiger partial charge in [-0.3, -0.25) is 14.2 Å². The van der Waals surface area contributed by atoms with Crippen LogP contribution < -0.4 is 10.6 Å². The molecule has 12 nitrogen and oxygen atoms in total. The summed E-state index contributed by atoms with van der Waals surface area (Å²) < 4.78 is 34.3. The molecule has 2 amide bonds. The number of thiazole rings is 1. The van der Waals surface area contributed by atoms with Gasteiger partial charge < -0.3 is 15.4 Å². The van der Waals surface area contributed by atoms with E-state index in [-0.39, 0.29) is 23.1 Å². The van der Waals surface area contributed by atoms with Gasteiger partial charge in [0.25, 0.3) is 5.91 Å². The number of morpholine rings is 1. The number of anilines is 1. The molecule has 1 fully saturated rings. The van der Waals surface area contributed by atoms with Crippen molar-refractivity contribution in [1.82, 2.24) is 29.4 Å². The molecule has 5 rings (SSSR count). The number of hydrogen-bond donors (Lipinski definition) is 2. The van der Waals surface area contributed by atoms with Crippen molar-refractivity contribution in [2.75, 3.05) is 37.4 Å². The zero-order chi connectivity index (χ0) is 29.7. The fraction of sp³-hybridized carbons (Fsp3) is 0.296. The maximum absolute atomic E-state index is 13.0. The van der Waals surface area contributed by atoms with Crippen molar-refractivity contribution in [3.05, 3.63) is 76.6 Å². The molecule has 220 valence electrons. The van der Waals surface area contributed by atoms with Gasteiger partial charge in [0.1, 0.15) is 0 Å². The number of thioether (sulfide) groups is 1. The van der Waals surface area contributed by atoms with E-state index in [9.17, 15) is 18.0 Å². The lowest BCUT2D eigenvalue weighted by atomic mass is 10.1. The van der Waals surface area contributed by atoms with Gasteiger partial charge in [-0.15, -0.1) is 21.5 Å². The van der Waals surface area contributed by atoms with E-state index in [0.717, 1.165) is 16.8 Å². The molecule has 15 heteroatoms. The Hall–Kier alpha value is -3.63. The molecule has 0 aliphatic carbocycles. The van der Waals surface area contributed by atoms with Crippen molar-refractivity contribution >= 4 is 50.1 Å². The predicted molar refractivity (Wildman–Crippen MR) is 159 cm³/mol. The van der Waals surface area contributed by atoms with Crippen LogP contribution >= 0.6 is 23.1 Å². The van der Waals surface area contributed by atoms with E-state index in [0.29, 0.717) is 48.0 Å². The van der Waals surface area contributed by atoms with Crippen molar-refractivity contribution in [2.45, 2.75) is 30.4 Å². The van der Waals surface area contributed by atoms with Gasteiger partial charge >= 0.3 is 0 Å². The minimum atomic E-state index is -3.66. The number of amides is 2. The molecular weight excluding hydrogens is 599 g/mol. The first-order valence-electron chi connectivity index (χ1n) is 13.0. The molecule has 0 radical (unpaired) electrons. The van der Waals surface area contributed by atoms with Gasteiger partial charge in [-0.1, -0.05) is 23.9 Å². The third-order valence-electron chi connectivity index (χ3n) is 6.66. The molecule has 2 N–H and O–H groups in total. The smallest absolute Gasteiger partial charge is 0.251 e. The molecule has 0 unspecified atom stereocenters. The fourth-order valence-corrected chi connectivity index (χ4v) is 6.99. The highest BCUT2D eigenvalue weighted by Gasteiger charge is 2.26. The van der Waals surface area contributed by atoms with Crippen LogP contribution in [0, 0.1) is 13.8 Å². The molecule has 0 spiro atoms. The van der Waals surface area contributed by atoms with Gasteiger partial charge in [0.15, 0.2) is 16.1 Å². The second-order valence-corrected chi connectivity index (χ2v) is 13.1. The van der Waals surface area contributed by atoms with Crippen LogP contribution in [0.3, 0.4) is 0 Å². The summed E-state index contributed by atoms with van der Waals surface area (Å²) in [6.45, 7) is 5.34. The maximum atomic E-state index is 13.0. The highest BCUT2D eigenvalue weighted by Crippen LogP contribution is 2.26. The lowest BCUT2D eigenvalue weighted by Gasteiger charge is -2.26. The Morgan fingerprint density at radius 1 is 1.07 bits per heavy atom. The Morgan fingerprint density at radius 2 is 1.83 bits per heavy atom. The summed E-state index contributed by atoms with van der Waals surface area (Å²) in [4.78, 5) is 29.7. The summed E-state index contributed by atoms with van der Waals surface area (Å²) in [6.07, 6.45) is 1.62. The number of aromatic nitrogens is 4. The van der Waals surface area contributed by atoms with E-state index >= 15 is 0 Å². The van der Waals surface area contributed by atoms with Crippen LogP contribution in [0.1, 0.15) is 27.3 Å². The van der Waals surface area contributed by atoms with Crippen LogP contribution in [-0.4, -0.2) is 76.3 Å². The first kappa shape index (κ1) is 29.8. The van der Waals surface area contributed by atoms with Crippen molar-refractivity contribution < 1.29 is 22.7 Å². The largest absolute Gasteiger partial charge is 0.379 e. The Morgan fingerprint density at radius 3 is 2.55 bits per heavy atom. The van der Waals surface area contributed by atoms with Crippen LogP contribution in [0.25, 0.3) is 5.69 Å². The summed E-state index contributed by atoms with van der Waals surface area (Å²) >= 11 is 2.56. The summed E-state index contributed by atoms with van der Waals surface area (Å²) in [5.41, 5.74) is 3.23. The van der Waals surface area contributed by atoms with E-state index in [2.05, 4.69) is 25.8 Å². The van der Waals surface area contributed by atoms with E-state index < -0.39 is 15.9 Å². The summed E-state index contributed by atoms with van der Waals surface area (Å²) in [5.74, 6) is -0.0436. The van der Waals surface area contributed by atoms with Gasteiger partial charge in [0, 0.05) is 30.2 Å². The number of carbonyl (C=O) groups is 2. The first-order valence-corrected chi connectivity index (χ1v) is 16.3. The highest BCUT2D eigenvalue weighted by molar-refractivity contribution is 7.99. The van der Waals surface area contributed by atoms with E-state index in [1.165, 1.54) is 51.7 Å². The monoisotopic (exact) mass is 627 g/mol. The average Bonchev–Trinajstić information content (AvgIpc) is 3.66. The third-order valence-corrected chi connectivity index (χ3v) is 10.2. The van der Waals surface area contributed by atoms with Gasteiger partial charge in [-0.2, -0.15) is 4.31 Å². The number of rotatable bonds is 10. The van der Waals surface area contributed by atoms with Crippen molar-refractivity contribution in [3.63, 3.8) is 0 Å². The van der Waals surface area contributed by atoms with Gasteiger partial charge in [0.2, 0.25) is 15.9 Å². The van der Waals surface area contributed by atoms with Crippen molar-refractivity contribution in [1.29, 1.82) is 0 Å². The van der Waals surface area contributed by atoms with Crippen LogP contribution in [0.4, 0.5) is 5.13 Å². The summed E-state index contributed by atoms with van der Waals surface area (Å²) in [5, 5.41) is 17.0. The second-order valence-electron chi connectivity index (χ2n) is 9.35.